The highest BCUT2D eigenvalue weighted by Gasteiger charge is 2.21. The van der Waals surface area contributed by atoms with E-state index < -0.39 is 0 Å². The summed E-state index contributed by atoms with van der Waals surface area (Å²) >= 11 is 0. The lowest BCUT2D eigenvalue weighted by molar-refractivity contribution is 0.642. The minimum atomic E-state index is 0.822. The van der Waals surface area contributed by atoms with E-state index in [-0.39, 0.29) is 0 Å². The largest absolute Gasteiger partial charge is 0.353 e. The van der Waals surface area contributed by atoms with Crippen molar-refractivity contribution in [1.29, 1.82) is 0 Å². The number of nitrogens with one attached hydrogen (secondary N) is 1. The van der Waals surface area contributed by atoms with Crippen molar-refractivity contribution in [3.63, 3.8) is 0 Å². The molecule has 4 aromatic rings. The van der Waals surface area contributed by atoms with E-state index in [4.69, 9.17) is 4.98 Å². The van der Waals surface area contributed by atoms with Gasteiger partial charge in [-0.05, 0) is 24.3 Å². The van der Waals surface area contributed by atoms with Crippen LogP contribution in [0, 0.1) is 0 Å². The molecule has 0 atom stereocenters. The van der Waals surface area contributed by atoms with Crippen LogP contribution < -0.4 is 9.80 Å². The molecule has 1 saturated heterocycles. The Morgan fingerprint density at radius 2 is 1.78 bits per heavy atom. The Labute approximate surface area is 155 Å². The van der Waals surface area contributed by atoms with Gasteiger partial charge in [0, 0.05) is 44.1 Å². The second-order valence-electron chi connectivity index (χ2n) is 6.41. The summed E-state index contributed by atoms with van der Waals surface area (Å²) in [6.07, 6.45) is 7.05. The van der Waals surface area contributed by atoms with Crippen molar-refractivity contribution in [2.75, 3.05) is 36.0 Å². The minimum Gasteiger partial charge on any atom is -0.353 e. The van der Waals surface area contributed by atoms with Gasteiger partial charge in [-0.2, -0.15) is 5.10 Å². The molecule has 0 bridgehead atoms. The number of hydrogen-bond donors (Lipinski definition) is 1. The Kier molecular flexibility index (Phi) is 3.86. The first kappa shape index (κ1) is 15.7. The normalized spacial score (nSPS) is 14.7. The monoisotopic (exact) mass is 358 g/mol. The first-order valence-electron chi connectivity index (χ1n) is 8.90. The third kappa shape index (κ3) is 2.95. The third-order valence-corrected chi connectivity index (χ3v) is 4.81. The number of hydrogen-bond acceptors (Lipinski definition) is 7. The molecule has 1 fully saturated rings. The molecule has 0 radical (unpaired) electrons. The highest BCUT2D eigenvalue weighted by Crippen LogP contribution is 2.26. The Balaban J connectivity index is 1.44. The number of anilines is 2. The molecular weight excluding hydrogens is 340 g/mol. The summed E-state index contributed by atoms with van der Waals surface area (Å²) in [4.78, 5) is 22.8. The fourth-order valence-electron chi connectivity index (χ4n) is 3.40. The molecule has 27 heavy (non-hydrogen) atoms. The number of H-pyrrole nitrogens is 1. The van der Waals surface area contributed by atoms with Crippen molar-refractivity contribution in [1.82, 2.24) is 30.1 Å². The van der Waals surface area contributed by atoms with Crippen LogP contribution in [-0.4, -0.2) is 56.3 Å². The Hall–Kier alpha value is -3.55. The van der Waals surface area contributed by atoms with E-state index >= 15 is 0 Å². The van der Waals surface area contributed by atoms with Gasteiger partial charge in [0.1, 0.15) is 17.7 Å². The van der Waals surface area contributed by atoms with Gasteiger partial charge in [-0.1, -0.05) is 6.07 Å². The van der Waals surface area contributed by atoms with Gasteiger partial charge in [0.15, 0.2) is 5.82 Å². The predicted octanol–water partition coefficient (Wildman–Crippen LogP) is 2.14. The molecule has 8 nitrogen and oxygen atoms in total. The smallest absolute Gasteiger partial charge is 0.158 e. The Morgan fingerprint density at radius 1 is 0.889 bits per heavy atom. The number of aromatic amines is 1. The second kappa shape index (κ2) is 6.64. The van der Waals surface area contributed by atoms with Crippen LogP contribution in [0.15, 0.2) is 55.2 Å². The zero-order chi connectivity index (χ0) is 18.1. The lowest BCUT2D eigenvalue weighted by atomic mass is 10.2. The molecule has 0 aromatic carbocycles. The van der Waals surface area contributed by atoms with Crippen molar-refractivity contribution in [2.24, 2.45) is 0 Å². The lowest BCUT2D eigenvalue weighted by Crippen LogP contribution is -2.47. The molecule has 4 aromatic heterocycles. The topological polar surface area (TPSA) is 86.7 Å². The molecule has 5 rings (SSSR count). The first-order chi connectivity index (χ1) is 13.4. The van der Waals surface area contributed by atoms with Gasteiger partial charge in [0.2, 0.25) is 0 Å². The maximum absolute atomic E-state index is 4.82. The van der Waals surface area contributed by atoms with Gasteiger partial charge in [-0.15, -0.1) is 0 Å². The second-order valence-corrected chi connectivity index (χ2v) is 6.41. The Bertz CT molecular complexity index is 1040. The number of aromatic nitrogens is 6. The van der Waals surface area contributed by atoms with E-state index in [0.29, 0.717) is 0 Å². The molecule has 0 unspecified atom stereocenters. The van der Waals surface area contributed by atoms with E-state index in [1.54, 1.807) is 12.5 Å². The molecule has 5 heterocycles. The molecule has 0 aliphatic carbocycles. The standard InChI is InChI=1S/C19H18N8/c1-2-6-20-17(3-1)26-7-9-27(10-8-26)19-18-16(21-13-22-19)5-4-15(25-18)14-11-23-24-12-14/h1-6,11-13H,7-10H2,(H,23,24). The van der Waals surface area contributed by atoms with E-state index in [1.807, 2.05) is 36.7 Å². The average Bonchev–Trinajstić information content (AvgIpc) is 3.29. The Morgan fingerprint density at radius 3 is 2.56 bits per heavy atom. The molecule has 8 heteroatoms. The van der Waals surface area contributed by atoms with Crippen molar-refractivity contribution >= 4 is 22.7 Å². The van der Waals surface area contributed by atoms with Crippen LogP contribution in [-0.2, 0) is 0 Å². The summed E-state index contributed by atoms with van der Waals surface area (Å²) in [5.41, 5.74) is 3.48. The van der Waals surface area contributed by atoms with Crippen molar-refractivity contribution in [2.45, 2.75) is 0 Å². The lowest BCUT2D eigenvalue weighted by Gasteiger charge is -2.36. The molecular formula is C19H18N8. The van der Waals surface area contributed by atoms with E-state index in [2.05, 4.69) is 41.0 Å². The van der Waals surface area contributed by atoms with E-state index in [1.165, 1.54) is 0 Å². The molecule has 1 aliphatic rings. The van der Waals surface area contributed by atoms with Crippen LogP contribution in [0.25, 0.3) is 22.3 Å². The van der Waals surface area contributed by atoms with Crippen molar-refractivity contribution < 1.29 is 0 Å². The molecule has 0 spiro atoms. The van der Waals surface area contributed by atoms with Gasteiger partial charge in [-0.3, -0.25) is 5.10 Å². The minimum absolute atomic E-state index is 0.822. The van der Waals surface area contributed by atoms with Crippen LogP contribution in [0.3, 0.4) is 0 Å². The summed E-state index contributed by atoms with van der Waals surface area (Å²) in [7, 11) is 0. The zero-order valence-electron chi connectivity index (χ0n) is 14.7. The predicted molar refractivity (Wildman–Crippen MR) is 104 cm³/mol. The summed E-state index contributed by atoms with van der Waals surface area (Å²) in [6, 6.07) is 9.96. The fourth-order valence-corrected chi connectivity index (χ4v) is 3.40. The van der Waals surface area contributed by atoms with E-state index in [0.717, 1.165) is 60.1 Å². The highest BCUT2D eigenvalue weighted by molar-refractivity contribution is 5.87. The molecule has 0 saturated carbocycles. The van der Waals surface area contributed by atoms with Gasteiger partial charge in [0.25, 0.3) is 0 Å². The van der Waals surface area contributed by atoms with Crippen LogP contribution in [0.5, 0.6) is 0 Å². The summed E-state index contributed by atoms with van der Waals surface area (Å²) in [5, 5.41) is 6.84. The SMILES string of the molecule is c1ccc(N2CCN(c3ncnc4ccc(-c5cn[nH]c5)nc34)CC2)nc1. The number of pyridine rings is 2. The molecule has 0 amide bonds. The average molecular weight is 358 g/mol. The highest BCUT2D eigenvalue weighted by atomic mass is 15.3. The van der Waals surface area contributed by atoms with Crippen LogP contribution in [0.2, 0.25) is 0 Å². The van der Waals surface area contributed by atoms with Crippen LogP contribution in [0.4, 0.5) is 11.6 Å². The number of fused-ring (bicyclic) bond motifs is 1. The molecule has 1 N–H and O–H groups in total. The number of piperazine rings is 1. The van der Waals surface area contributed by atoms with Gasteiger partial charge < -0.3 is 9.80 Å². The number of rotatable bonds is 3. The van der Waals surface area contributed by atoms with Crippen LogP contribution in [0.1, 0.15) is 0 Å². The first-order valence-corrected chi connectivity index (χ1v) is 8.90. The summed E-state index contributed by atoms with van der Waals surface area (Å²) < 4.78 is 0. The summed E-state index contributed by atoms with van der Waals surface area (Å²) in [6.45, 7) is 3.51. The maximum Gasteiger partial charge on any atom is 0.158 e. The maximum atomic E-state index is 4.82. The zero-order valence-corrected chi connectivity index (χ0v) is 14.7. The van der Waals surface area contributed by atoms with E-state index in [9.17, 15) is 0 Å². The van der Waals surface area contributed by atoms with Gasteiger partial charge in [-0.25, -0.2) is 19.9 Å². The van der Waals surface area contributed by atoms with Crippen LogP contribution >= 0.6 is 0 Å². The van der Waals surface area contributed by atoms with Crippen molar-refractivity contribution in [3.8, 4) is 11.3 Å². The quantitative estimate of drug-likeness (QED) is 0.600. The van der Waals surface area contributed by atoms with Gasteiger partial charge >= 0.3 is 0 Å². The molecule has 134 valence electrons. The van der Waals surface area contributed by atoms with Gasteiger partial charge in [0.05, 0.1) is 17.4 Å². The molecule has 1 aliphatic heterocycles. The third-order valence-electron chi connectivity index (χ3n) is 4.81. The fraction of sp³-hybridized carbons (Fsp3) is 0.211. The van der Waals surface area contributed by atoms with Crippen molar-refractivity contribution in [3.05, 3.63) is 55.2 Å². The summed E-state index contributed by atoms with van der Waals surface area (Å²) in [5.74, 6) is 1.90. The number of nitrogens with zero attached hydrogens (tertiary/aromatic N) is 7.